The van der Waals surface area contributed by atoms with E-state index in [1.165, 1.54) is 19.2 Å². The first-order valence-corrected chi connectivity index (χ1v) is 11.2. The Kier molecular flexibility index (Phi) is 9.51. The van der Waals surface area contributed by atoms with Gasteiger partial charge in [-0.25, -0.2) is 0 Å². The molecule has 0 amide bonds. The van der Waals surface area contributed by atoms with Gasteiger partial charge in [-0.3, -0.25) is 0 Å². The first-order valence-electron chi connectivity index (χ1n) is 10.0. The summed E-state index contributed by atoms with van der Waals surface area (Å²) in [5.74, 6) is -57.2. The predicted molar refractivity (Wildman–Crippen MR) is 104 cm³/mol. The molecule has 0 aliphatic carbocycles. The fourth-order valence-corrected chi connectivity index (χ4v) is 4.14. The van der Waals surface area contributed by atoms with Crippen LogP contribution in [0.1, 0.15) is 23.1 Å². The summed E-state index contributed by atoms with van der Waals surface area (Å²) in [6.45, 7) is 3.11. The van der Waals surface area contributed by atoms with E-state index in [1.54, 1.807) is 13.8 Å². The molecule has 0 spiro atoms. The largest absolute Gasteiger partial charge is 0.496 e. The van der Waals surface area contributed by atoms with E-state index in [9.17, 15) is 74.6 Å². The van der Waals surface area contributed by atoms with Gasteiger partial charge in [0.15, 0.2) is 0 Å². The molecular weight excluding hydrogens is 611 g/mol. The second-order valence-corrected chi connectivity index (χ2v) is 9.32. The minimum atomic E-state index is -8.61. The molecule has 0 heterocycles. The molecule has 39 heavy (non-hydrogen) atoms. The van der Waals surface area contributed by atoms with E-state index in [4.69, 9.17) is 4.74 Å². The van der Waals surface area contributed by atoms with Crippen LogP contribution in [0.4, 0.5) is 74.6 Å². The maximum absolute atomic E-state index is 13.9. The van der Waals surface area contributed by atoms with Crippen molar-refractivity contribution in [3.05, 3.63) is 28.8 Å². The molecule has 0 saturated heterocycles. The normalized spacial score (nSPS) is 15.1. The number of methoxy groups -OCH3 is 1. The summed E-state index contributed by atoms with van der Waals surface area (Å²) in [7, 11) is 1.32. The molecule has 0 N–H and O–H groups in total. The second kappa shape index (κ2) is 10.5. The van der Waals surface area contributed by atoms with Gasteiger partial charge in [-0.05, 0) is 36.3 Å². The molecule has 0 atom stereocenters. The number of benzene rings is 1. The molecule has 19 heteroatoms. The third-order valence-electron chi connectivity index (χ3n) is 5.34. The van der Waals surface area contributed by atoms with Crippen LogP contribution in [-0.2, 0) is 5.75 Å². The molecule has 0 aliphatic rings. The summed E-state index contributed by atoms with van der Waals surface area (Å²) in [5, 5.41) is 0. The standard InChI is InChI=1S/C20H17F17OS/c1-9-6-11(7-10(2)12(9)38-3)8-39-5-4-13(21,22)14(23,24)15(25,26)16(27,28)17(29,30)18(31,32)19(33,34)20(35,36)37/h6-7H,4-5,8H2,1-3H3. The monoisotopic (exact) mass is 628 g/mol. The van der Waals surface area contributed by atoms with Crippen molar-refractivity contribution in [1.29, 1.82) is 0 Å². The second-order valence-electron chi connectivity index (χ2n) is 8.21. The Morgan fingerprint density at radius 2 is 0.949 bits per heavy atom. The fraction of sp³-hybridized carbons (Fsp3) is 0.700. The minimum Gasteiger partial charge on any atom is -0.496 e. The summed E-state index contributed by atoms with van der Waals surface area (Å²) < 4.78 is 231. The molecule has 1 rings (SSSR count). The zero-order valence-corrected chi connectivity index (χ0v) is 20.3. The van der Waals surface area contributed by atoms with Crippen LogP contribution in [0.2, 0.25) is 0 Å². The lowest BCUT2D eigenvalue weighted by Crippen LogP contribution is -2.74. The number of halogens is 17. The molecule has 0 aromatic heterocycles. The smallest absolute Gasteiger partial charge is 0.460 e. The van der Waals surface area contributed by atoms with Crippen molar-refractivity contribution in [2.24, 2.45) is 0 Å². The minimum absolute atomic E-state index is 0.267. The Hall–Kier alpha value is -1.82. The van der Waals surface area contributed by atoms with Gasteiger partial charge in [0.25, 0.3) is 0 Å². The Morgan fingerprint density at radius 3 is 1.31 bits per heavy atom. The highest BCUT2D eigenvalue weighted by molar-refractivity contribution is 7.98. The quantitative estimate of drug-likeness (QED) is 0.169. The zero-order valence-electron chi connectivity index (χ0n) is 19.5. The average molecular weight is 628 g/mol. The number of alkyl halides is 17. The Morgan fingerprint density at radius 1 is 0.590 bits per heavy atom. The summed E-state index contributed by atoms with van der Waals surface area (Å²) in [6, 6.07) is 2.89. The number of ether oxygens (including phenoxy) is 1. The van der Waals surface area contributed by atoms with Gasteiger partial charge in [0.1, 0.15) is 5.75 Å². The van der Waals surface area contributed by atoms with Crippen LogP contribution in [0.3, 0.4) is 0 Å². The van der Waals surface area contributed by atoms with Crippen LogP contribution >= 0.6 is 11.8 Å². The molecular formula is C20H17F17OS. The average Bonchev–Trinajstić information content (AvgIpc) is 2.75. The van der Waals surface area contributed by atoms with Crippen molar-refractivity contribution in [2.45, 2.75) is 73.7 Å². The van der Waals surface area contributed by atoms with E-state index < -0.39 is 59.8 Å². The number of hydrogen-bond donors (Lipinski definition) is 0. The predicted octanol–water partition coefficient (Wildman–Crippen LogP) is 8.94. The number of thioether (sulfide) groups is 1. The van der Waals surface area contributed by atoms with Crippen molar-refractivity contribution in [1.82, 2.24) is 0 Å². The molecule has 0 aliphatic heterocycles. The molecule has 1 aromatic rings. The van der Waals surface area contributed by atoms with Gasteiger partial charge >= 0.3 is 47.6 Å². The van der Waals surface area contributed by atoms with Crippen LogP contribution in [0.25, 0.3) is 0 Å². The number of hydrogen-bond acceptors (Lipinski definition) is 2. The Bertz CT molecular complexity index is 993. The maximum atomic E-state index is 13.9. The van der Waals surface area contributed by atoms with Crippen molar-refractivity contribution in [3.63, 3.8) is 0 Å². The van der Waals surface area contributed by atoms with E-state index in [-0.39, 0.29) is 5.75 Å². The first kappa shape index (κ1) is 35.2. The summed E-state index contributed by atoms with van der Waals surface area (Å²) in [6.07, 6.45) is -10.2. The van der Waals surface area contributed by atoms with Gasteiger partial charge in [-0.15, -0.1) is 0 Å². The molecule has 0 fully saturated rings. The highest BCUT2D eigenvalue weighted by atomic mass is 32.2. The van der Waals surface area contributed by atoms with Gasteiger partial charge in [0.2, 0.25) is 0 Å². The highest BCUT2D eigenvalue weighted by Gasteiger charge is 2.95. The van der Waals surface area contributed by atoms with Crippen LogP contribution in [0.15, 0.2) is 12.1 Å². The van der Waals surface area contributed by atoms with E-state index in [0.29, 0.717) is 34.2 Å². The summed E-state index contributed by atoms with van der Waals surface area (Å²) in [4.78, 5) is 0. The van der Waals surface area contributed by atoms with Crippen LogP contribution in [0, 0.1) is 13.8 Å². The fourth-order valence-electron chi connectivity index (χ4n) is 3.19. The van der Waals surface area contributed by atoms with Gasteiger partial charge in [0, 0.05) is 12.2 Å². The third kappa shape index (κ3) is 5.56. The lowest BCUT2D eigenvalue weighted by molar-refractivity contribution is -0.461. The first-order chi connectivity index (χ1) is 17.1. The van der Waals surface area contributed by atoms with Gasteiger partial charge < -0.3 is 4.74 Å². The molecule has 228 valence electrons. The van der Waals surface area contributed by atoms with Gasteiger partial charge in [0.05, 0.1) is 7.11 Å². The maximum Gasteiger partial charge on any atom is 0.460 e. The van der Waals surface area contributed by atoms with E-state index in [1.807, 2.05) is 0 Å². The van der Waals surface area contributed by atoms with Gasteiger partial charge in [-0.1, -0.05) is 12.1 Å². The van der Waals surface area contributed by atoms with Crippen molar-refractivity contribution >= 4 is 11.8 Å². The van der Waals surface area contributed by atoms with Crippen LogP contribution < -0.4 is 4.74 Å². The topological polar surface area (TPSA) is 9.23 Å². The molecule has 0 radical (unpaired) electrons. The number of rotatable bonds is 12. The molecule has 1 nitrogen and oxygen atoms in total. The molecule has 0 saturated carbocycles. The third-order valence-corrected chi connectivity index (χ3v) is 6.37. The Balaban J connectivity index is 3.23. The number of aryl methyl sites for hydroxylation is 2. The van der Waals surface area contributed by atoms with Crippen LogP contribution in [0.5, 0.6) is 5.75 Å². The molecule has 0 unspecified atom stereocenters. The summed E-state index contributed by atoms with van der Waals surface area (Å²) in [5.41, 5.74) is 1.41. The van der Waals surface area contributed by atoms with Crippen molar-refractivity contribution in [2.75, 3.05) is 12.9 Å². The lowest BCUT2D eigenvalue weighted by atomic mass is 9.88. The Labute approximate surface area is 213 Å². The van der Waals surface area contributed by atoms with E-state index in [2.05, 4.69) is 0 Å². The molecule has 1 aromatic carbocycles. The molecule has 0 bridgehead atoms. The van der Waals surface area contributed by atoms with Gasteiger partial charge in [-0.2, -0.15) is 86.4 Å². The van der Waals surface area contributed by atoms with E-state index >= 15 is 0 Å². The van der Waals surface area contributed by atoms with Crippen LogP contribution in [-0.4, -0.2) is 60.5 Å². The van der Waals surface area contributed by atoms with Crippen molar-refractivity contribution < 1.29 is 79.4 Å². The summed E-state index contributed by atoms with van der Waals surface area (Å²) >= 11 is 0.335. The zero-order chi connectivity index (χ0) is 31.3. The van der Waals surface area contributed by atoms with E-state index in [0.717, 1.165) is 0 Å². The highest BCUT2D eigenvalue weighted by Crippen LogP contribution is 2.64. The SMILES string of the molecule is COc1c(C)cc(CSCCC(F)(F)C(F)(F)C(F)(F)C(F)(F)C(F)(F)C(F)(F)C(F)(F)C(F)(F)F)cc1C. The lowest BCUT2D eigenvalue weighted by Gasteiger charge is -2.42. The van der Waals surface area contributed by atoms with Crippen molar-refractivity contribution in [3.8, 4) is 5.75 Å².